The second-order valence-electron chi connectivity index (χ2n) is 8.36. The highest BCUT2D eigenvalue weighted by atomic mass is 16.1. The van der Waals surface area contributed by atoms with Crippen LogP contribution >= 0.6 is 0 Å². The fourth-order valence-corrected chi connectivity index (χ4v) is 3.86. The Kier molecular flexibility index (Phi) is 7.12. The lowest BCUT2D eigenvalue weighted by atomic mass is 9.97. The average Bonchev–Trinajstić information content (AvgIpc) is 3.39. The van der Waals surface area contributed by atoms with E-state index in [4.69, 9.17) is 0 Å². The van der Waals surface area contributed by atoms with E-state index in [1.54, 1.807) is 0 Å². The Morgan fingerprint density at radius 3 is 2.52 bits per heavy atom. The molecule has 1 aromatic rings. The number of carbonyl (C=O) groups is 1. The van der Waals surface area contributed by atoms with Crippen LogP contribution in [0.3, 0.4) is 0 Å². The lowest BCUT2D eigenvalue weighted by Crippen LogP contribution is -2.52. The molecule has 2 N–H and O–H groups in total. The van der Waals surface area contributed by atoms with Gasteiger partial charge in [0.2, 0.25) is 0 Å². The Morgan fingerprint density at radius 2 is 1.93 bits per heavy atom. The molecule has 0 radical (unpaired) electrons. The maximum atomic E-state index is 12.6. The van der Waals surface area contributed by atoms with Gasteiger partial charge in [-0.25, -0.2) is 0 Å². The lowest BCUT2D eigenvalue weighted by molar-refractivity contribution is 0.0938. The monoisotopic (exact) mass is 388 g/mol. The minimum absolute atomic E-state index is 0.00911. The van der Waals surface area contributed by atoms with Crippen LogP contribution in [0.5, 0.6) is 0 Å². The van der Waals surface area contributed by atoms with E-state index in [-0.39, 0.29) is 11.4 Å². The summed E-state index contributed by atoms with van der Waals surface area (Å²) in [6.45, 7) is 8.54. The Labute approximate surface area is 175 Å². The summed E-state index contributed by atoms with van der Waals surface area (Å²) in [6.07, 6.45) is 13.3. The molecular weight excluding hydrogens is 356 g/mol. The van der Waals surface area contributed by atoms with Crippen molar-refractivity contribution in [2.75, 3.05) is 6.54 Å². The van der Waals surface area contributed by atoms with Gasteiger partial charge in [0.25, 0.3) is 5.91 Å². The van der Waals surface area contributed by atoms with Crippen molar-refractivity contribution >= 4 is 5.91 Å². The number of carbonyl (C=O) groups excluding carboxylic acids is 1. The Hall–Kier alpha value is -2.57. The standard InChI is InChI=1S/C26H32N2O/c1-4-7-22(18-20(2)3)9-8-21-10-12-23(13-11-21)25(29)27-19-26(16-5-6-17-26)28-24-14-15-24/h4,7,10-13,18,24,28H,2,5-6,14-17,19H2,1,3H3,(H,27,29)/b7-4-,22-18+. The first kappa shape index (κ1) is 21.1. The summed E-state index contributed by atoms with van der Waals surface area (Å²) in [4.78, 5) is 12.6. The predicted octanol–water partition coefficient (Wildman–Crippen LogP) is 4.91. The van der Waals surface area contributed by atoms with Crippen LogP contribution in [0.25, 0.3) is 0 Å². The zero-order valence-electron chi connectivity index (χ0n) is 17.7. The molecule has 0 saturated heterocycles. The third-order valence-electron chi connectivity index (χ3n) is 5.48. The molecule has 2 fully saturated rings. The van der Waals surface area contributed by atoms with Crippen molar-refractivity contribution in [1.82, 2.24) is 10.6 Å². The molecule has 3 heteroatoms. The zero-order chi connectivity index (χ0) is 20.7. The Bertz CT molecular complexity index is 854. The molecule has 0 unspecified atom stereocenters. The average molecular weight is 389 g/mol. The molecule has 2 saturated carbocycles. The quantitative estimate of drug-likeness (QED) is 0.515. The molecule has 152 valence electrons. The number of allylic oxidation sites excluding steroid dienone is 5. The minimum Gasteiger partial charge on any atom is -0.350 e. The first-order chi connectivity index (χ1) is 14.0. The molecule has 0 bridgehead atoms. The van der Waals surface area contributed by atoms with Crippen molar-refractivity contribution < 1.29 is 4.79 Å². The highest BCUT2D eigenvalue weighted by Crippen LogP contribution is 2.33. The molecule has 2 aliphatic rings. The van der Waals surface area contributed by atoms with Gasteiger partial charge in [-0.05, 0) is 69.9 Å². The van der Waals surface area contributed by atoms with E-state index in [9.17, 15) is 4.79 Å². The van der Waals surface area contributed by atoms with E-state index < -0.39 is 0 Å². The Morgan fingerprint density at radius 1 is 1.24 bits per heavy atom. The number of hydrogen-bond donors (Lipinski definition) is 2. The normalized spacial score (nSPS) is 18.3. The van der Waals surface area contributed by atoms with E-state index in [1.807, 2.05) is 56.3 Å². The van der Waals surface area contributed by atoms with E-state index in [0.29, 0.717) is 18.2 Å². The molecule has 29 heavy (non-hydrogen) atoms. The molecular formula is C26H32N2O. The van der Waals surface area contributed by atoms with E-state index in [2.05, 4.69) is 29.1 Å². The maximum absolute atomic E-state index is 12.6. The van der Waals surface area contributed by atoms with Gasteiger partial charge in [0.05, 0.1) is 0 Å². The lowest BCUT2D eigenvalue weighted by Gasteiger charge is -2.31. The molecule has 2 aliphatic carbocycles. The van der Waals surface area contributed by atoms with Gasteiger partial charge in [-0.2, -0.15) is 0 Å². The topological polar surface area (TPSA) is 41.1 Å². The minimum atomic E-state index is -0.00911. The summed E-state index contributed by atoms with van der Waals surface area (Å²) >= 11 is 0. The van der Waals surface area contributed by atoms with Gasteiger partial charge < -0.3 is 10.6 Å². The van der Waals surface area contributed by atoms with Crippen LogP contribution in [0.15, 0.2) is 60.2 Å². The van der Waals surface area contributed by atoms with Crippen LogP contribution in [0.4, 0.5) is 0 Å². The van der Waals surface area contributed by atoms with Crippen LogP contribution in [0.2, 0.25) is 0 Å². The molecule has 3 rings (SSSR count). The molecule has 0 spiro atoms. The second kappa shape index (κ2) is 9.76. The van der Waals surface area contributed by atoms with Crippen LogP contribution in [0.1, 0.15) is 68.3 Å². The van der Waals surface area contributed by atoms with E-state index in [0.717, 1.165) is 29.6 Å². The summed E-state index contributed by atoms with van der Waals surface area (Å²) in [7, 11) is 0. The van der Waals surface area contributed by atoms with Crippen LogP contribution in [-0.4, -0.2) is 24.0 Å². The largest absolute Gasteiger partial charge is 0.350 e. The smallest absolute Gasteiger partial charge is 0.251 e. The maximum Gasteiger partial charge on any atom is 0.251 e. The van der Waals surface area contributed by atoms with Gasteiger partial charge in [-0.1, -0.05) is 49.0 Å². The number of nitrogens with one attached hydrogen (secondary N) is 2. The van der Waals surface area contributed by atoms with Crippen LogP contribution < -0.4 is 10.6 Å². The fraction of sp³-hybridized carbons (Fsp3) is 0.423. The Balaban J connectivity index is 1.60. The summed E-state index contributed by atoms with van der Waals surface area (Å²) in [5, 5.41) is 6.94. The van der Waals surface area contributed by atoms with Gasteiger partial charge in [-0.3, -0.25) is 4.79 Å². The molecule has 0 atom stereocenters. The van der Waals surface area contributed by atoms with Gasteiger partial charge in [0.1, 0.15) is 0 Å². The number of benzene rings is 1. The highest BCUT2D eigenvalue weighted by Gasteiger charge is 2.38. The van der Waals surface area contributed by atoms with Crippen LogP contribution in [0, 0.1) is 11.8 Å². The SMILES string of the molecule is C=C(C)/C=C(C#Cc1ccc(C(=O)NCC2(NC3CC3)CCCC2)cc1)\C=C/C. The molecule has 1 aromatic carbocycles. The molecule has 1 amide bonds. The van der Waals surface area contributed by atoms with Gasteiger partial charge >= 0.3 is 0 Å². The zero-order valence-corrected chi connectivity index (χ0v) is 17.7. The van der Waals surface area contributed by atoms with Gasteiger partial charge in [0, 0.05) is 34.8 Å². The summed E-state index contributed by atoms with van der Waals surface area (Å²) < 4.78 is 0. The first-order valence-electron chi connectivity index (χ1n) is 10.7. The first-order valence-corrected chi connectivity index (χ1v) is 10.7. The van der Waals surface area contributed by atoms with Crippen molar-refractivity contribution in [3.8, 4) is 11.8 Å². The van der Waals surface area contributed by atoms with Crippen molar-refractivity contribution in [1.29, 1.82) is 0 Å². The number of rotatable bonds is 7. The molecule has 0 aliphatic heterocycles. The second-order valence-corrected chi connectivity index (χ2v) is 8.36. The number of amides is 1. The third-order valence-corrected chi connectivity index (χ3v) is 5.48. The van der Waals surface area contributed by atoms with Crippen molar-refractivity contribution in [3.05, 3.63) is 71.3 Å². The van der Waals surface area contributed by atoms with Crippen molar-refractivity contribution in [3.63, 3.8) is 0 Å². The number of hydrogen-bond acceptors (Lipinski definition) is 2. The molecule has 0 heterocycles. The van der Waals surface area contributed by atoms with Crippen molar-refractivity contribution in [2.24, 2.45) is 0 Å². The third kappa shape index (κ3) is 6.48. The molecule has 3 nitrogen and oxygen atoms in total. The van der Waals surface area contributed by atoms with Gasteiger partial charge in [0.15, 0.2) is 0 Å². The summed E-state index contributed by atoms with van der Waals surface area (Å²) in [5.74, 6) is 6.31. The predicted molar refractivity (Wildman–Crippen MR) is 121 cm³/mol. The highest BCUT2D eigenvalue weighted by molar-refractivity contribution is 5.94. The van der Waals surface area contributed by atoms with E-state index in [1.165, 1.54) is 25.7 Å². The fourth-order valence-electron chi connectivity index (χ4n) is 3.86. The summed E-state index contributed by atoms with van der Waals surface area (Å²) in [5.41, 5.74) is 3.56. The summed E-state index contributed by atoms with van der Waals surface area (Å²) in [6, 6.07) is 8.18. The van der Waals surface area contributed by atoms with Crippen LogP contribution in [-0.2, 0) is 0 Å². The van der Waals surface area contributed by atoms with E-state index >= 15 is 0 Å². The van der Waals surface area contributed by atoms with Crippen molar-refractivity contribution in [2.45, 2.75) is 64.0 Å². The molecule has 0 aromatic heterocycles. The van der Waals surface area contributed by atoms with Gasteiger partial charge in [-0.15, -0.1) is 0 Å².